The third-order valence-electron chi connectivity index (χ3n) is 5.55. The maximum absolute atomic E-state index is 13.4. The third-order valence-corrected chi connectivity index (χ3v) is 5.55. The standard InChI is InChI=1S/C24H31FN4O2/c1-5-28(6-2)15-7-8-17(3)26-24(30)22-16-21(23-14-9-18(4)31-23)27-29(22)20-12-10-19(25)11-13-20/h9-14,16-17H,5-8,15H2,1-4H3,(H,26,30)/p+1/t17-/m1/s1. The van der Waals surface area contributed by atoms with E-state index in [-0.39, 0.29) is 17.8 Å². The van der Waals surface area contributed by atoms with Gasteiger partial charge in [-0.3, -0.25) is 4.79 Å². The number of amides is 1. The van der Waals surface area contributed by atoms with Gasteiger partial charge in [-0.2, -0.15) is 5.10 Å². The van der Waals surface area contributed by atoms with Gasteiger partial charge in [0.05, 0.1) is 25.3 Å². The van der Waals surface area contributed by atoms with Crippen LogP contribution in [0.5, 0.6) is 0 Å². The van der Waals surface area contributed by atoms with Gasteiger partial charge in [0.25, 0.3) is 5.91 Å². The zero-order chi connectivity index (χ0) is 22.4. The third kappa shape index (κ3) is 5.82. The van der Waals surface area contributed by atoms with Crippen LogP contribution in [0.3, 0.4) is 0 Å². The molecule has 0 bridgehead atoms. The number of furan rings is 1. The van der Waals surface area contributed by atoms with Crippen molar-refractivity contribution in [3.05, 3.63) is 59.7 Å². The van der Waals surface area contributed by atoms with Crippen molar-refractivity contribution in [2.45, 2.75) is 46.6 Å². The number of benzene rings is 1. The molecule has 166 valence electrons. The van der Waals surface area contributed by atoms with Crippen LogP contribution in [0, 0.1) is 12.7 Å². The first-order valence-corrected chi connectivity index (χ1v) is 11.0. The van der Waals surface area contributed by atoms with E-state index < -0.39 is 0 Å². The maximum atomic E-state index is 13.4. The van der Waals surface area contributed by atoms with Gasteiger partial charge in [0.15, 0.2) is 5.76 Å². The van der Waals surface area contributed by atoms with Crippen molar-refractivity contribution in [1.82, 2.24) is 15.1 Å². The summed E-state index contributed by atoms with van der Waals surface area (Å²) in [5.41, 5.74) is 1.55. The molecule has 6 nitrogen and oxygen atoms in total. The molecule has 0 unspecified atom stereocenters. The van der Waals surface area contributed by atoms with E-state index in [1.165, 1.54) is 16.8 Å². The number of aryl methyl sites for hydroxylation is 1. The Morgan fingerprint density at radius 3 is 2.52 bits per heavy atom. The Bertz CT molecular complexity index is 989. The van der Waals surface area contributed by atoms with Gasteiger partial charge >= 0.3 is 0 Å². The molecular formula is C24H32FN4O2+. The SMILES string of the molecule is CC[NH+](CC)CCC[C@@H](C)NC(=O)c1cc(-c2ccc(C)o2)nn1-c1ccc(F)cc1. The van der Waals surface area contributed by atoms with Crippen molar-refractivity contribution < 1.29 is 18.5 Å². The molecular weight excluding hydrogens is 395 g/mol. The number of hydrogen-bond acceptors (Lipinski definition) is 3. The summed E-state index contributed by atoms with van der Waals surface area (Å²) in [6.45, 7) is 11.6. The van der Waals surface area contributed by atoms with Gasteiger partial charge in [-0.05, 0) is 76.9 Å². The summed E-state index contributed by atoms with van der Waals surface area (Å²) >= 11 is 0. The number of nitrogens with zero attached hydrogens (tertiary/aromatic N) is 2. The van der Waals surface area contributed by atoms with E-state index in [0.29, 0.717) is 22.8 Å². The number of carbonyl (C=O) groups excluding carboxylic acids is 1. The monoisotopic (exact) mass is 427 g/mol. The highest BCUT2D eigenvalue weighted by atomic mass is 19.1. The fourth-order valence-electron chi connectivity index (χ4n) is 3.65. The van der Waals surface area contributed by atoms with E-state index in [9.17, 15) is 9.18 Å². The van der Waals surface area contributed by atoms with Gasteiger partial charge in [0.1, 0.15) is 23.0 Å². The van der Waals surface area contributed by atoms with Gasteiger partial charge in [-0.1, -0.05) is 0 Å². The number of carbonyl (C=O) groups is 1. The molecule has 31 heavy (non-hydrogen) atoms. The van der Waals surface area contributed by atoms with Crippen LogP contribution in [-0.4, -0.2) is 41.4 Å². The Balaban J connectivity index is 1.78. The number of hydrogen-bond donors (Lipinski definition) is 2. The first-order chi connectivity index (χ1) is 14.9. The minimum absolute atomic E-state index is 0.0355. The second-order valence-electron chi connectivity index (χ2n) is 7.94. The molecule has 0 radical (unpaired) electrons. The molecule has 0 fully saturated rings. The minimum atomic E-state index is -0.340. The molecule has 3 aromatic rings. The molecule has 0 aliphatic carbocycles. The predicted molar refractivity (Wildman–Crippen MR) is 119 cm³/mol. The Hall–Kier alpha value is -2.93. The Morgan fingerprint density at radius 1 is 1.19 bits per heavy atom. The average molecular weight is 428 g/mol. The molecule has 3 rings (SSSR count). The molecule has 2 heterocycles. The predicted octanol–water partition coefficient (Wildman–Crippen LogP) is 3.40. The summed E-state index contributed by atoms with van der Waals surface area (Å²) in [5.74, 6) is 0.797. The van der Waals surface area contributed by atoms with Gasteiger partial charge in [0.2, 0.25) is 0 Å². The van der Waals surface area contributed by atoms with Crippen LogP contribution < -0.4 is 10.2 Å². The molecule has 1 amide bonds. The molecule has 0 spiro atoms. The van der Waals surface area contributed by atoms with E-state index in [0.717, 1.165) is 38.2 Å². The summed E-state index contributed by atoms with van der Waals surface area (Å²) in [6.07, 6.45) is 1.96. The maximum Gasteiger partial charge on any atom is 0.270 e. The van der Waals surface area contributed by atoms with Crippen molar-refractivity contribution in [3.63, 3.8) is 0 Å². The largest absolute Gasteiger partial charge is 0.460 e. The first-order valence-electron chi connectivity index (χ1n) is 11.0. The van der Waals surface area contributed by atoms with E-state index in [4.69, 9.17) is 4.42 Å². The van der Waals surface area contributed by atoms with Crippen molar-refractivity contribution in [1.29, 1.82) is 0 Å². The highest BCUT2D eigenvalue weighted by Gasteiger charge is 2.20. The fraction of sp³-hybridized carbons (Fsp3) is 0.417. The van der Waals surface area contributed by atoms with E-state index in [1.807, 2.05) is 26.0 Å². The lowest BCUT2D eigenvalue weighted by Crippen LogP contribution is -3.11. The number of quaternary nitrogens is 1. The highest BCUT2D eigenvalue weighted by molar-refractivity contribution is 5.94. The fourth-order valence-corrected chi connectivity index (χ4v) is 3.65. The molecule has 0 saturated heterocycles. The number of halogens is 1. The summed E-state index contributed by atoms with van der Waals surface area (Å²) in [4.78, 5) is 14.7. The first kappa shape index (κ1) is 22.7. The van der Waals surface area contributed by atoms with Crippen molar-refractivity contribution in [3.8, 4) is 17.1 Å². The van der Waals surface area contributed by atoms with E-state index in [1.54, 1.807) is 23.1 Å². The summed E-state index contributed by atoms with van der Waals surface area (Å²) in [6, 6.07) is 11.3. The lowest BCUT2D eigenvalue weighted by Gasteiger charge is -2.18. The van der Waals surface area contributed by atoms with E-state index >= 15 is 0 Å². The van der Waals surface area contributed by atoms with Crippen LogP contribution >= 0.6 is 0 Å². The lowest BCUT2D eigenvalue weighted by molar-refractivity contribution is -0.896. The lowest BCUT2D eigenvalue weighted by atomic mass is 10.1. The topological polar surface area (TPSA) is 64.5 Å². The van der Waals surface area contributed by atoms with Crippen LogP contribution in [0.15, 0.2) is 46.9 Å². The summed E-state index contributed by atoms with van der Waals surface area (Å²) in [7, 11) is 0. The molecule has 1 aromatic carbocycles. The number of rotatable bonds is 10. The van der Waals surface area contributed by atoms with Crippen LogP contribution in [0.25, 0.3) is 17.1 Å². The van der Waals surface area contributed by atoms with Crippen LogP contribution in [0.4, 0.5) is 4.39 Å². The van der Waals surface area contributed by atoms with Gasteiger partial charge < -0.3 is 14.6 Å². The molecule has 0 aliphatic rings. The molecule has 1 atom stereocenters. The normalized spacial score (nSPS) is 12.3. The molecule has 2 aromatic heterocycles. The van der Waals surface area contributed by atoms with Gasteiger partial charge in [-0.25, -0.2) is 9.07 Å². The molecule has 2 N–H and O–H groups in total. The summed E-state index contributed by atoms with van der Waals surface area (Å²) < 4.78 is 20.6. The van der Waals surface area contributed by atoms with Crippen molar-refractivity contribution in [2.75, 3.05) is 19.6 Å². The Labute approximate surface area is 183 Å². The minimum Gasteiger partial charge on any atom is -0.460 e. The van der Waals surface area contributed by atoms with Crippen molar-refractivity contribution >= 4 is 5.91 Å². The molecule has 0 saturated carbocycles. The Kier molecular flexibility index (Phi) is 7.63. The van der Waals surface area contributed by atoms with Crippen LogP contribution in [-0.2, 0) is 0 Å². The smallest absolute Gasteiger partial charge is 0.270 e. The quantitative estimate of drug-likeness (QED) is 0.521. The average Bonchev–Trinajstić information content (AvgIpc) is 3.38. The van der Waals surface area contributed by atoms with Crippen molar-refractivity contribution in [2.24, 2.45) is 0 Å². The molecule has 0 aliphatic heterocycles. The van der Waals surface area contributed by atoms with Gasteiger partial charge in [-0.15, -0.1) is 0 Å². The zero-order valence-corrected chi connectivity index (χ0v) is 18.7. The second-order valence-corrected chi connectivity index (χ2v) is 7.94. The zero-order valence-electron chi connectivity index (χ0n) is 18.7. The molecule has 7 heteroatoms. The number of aromatic nitrogens is 2. The number of nitrogens with one attached hydrogen (secondary N) is 2. The Morgan fingerprint density at radius 2 is 1.90 bits per heavy atom. The van der Waals surface area contributed by atoms with Crippen LogP contribution in [0.1, 0.15) is 49.9 Å². The van der Waals surface area contributed by atoms with Gasteiger partial charge in [0, 0.05) is 12.1 Å². The highest BCUT2D eigenvalue weighted by Crippen LogP contribution is 2.24. The van der Waals surface area contributed by atoms with Crippen LogP contribution in [0.2, 0.25) is 0 Å². The second kappa shape index (κ2) is 10.4. The summed E-state index contributed by atoms with van der Waals surface area (Å²) in [5, 5.41) is 7.65. The van der Waals surface area contributed by atoms with E-state index in [2.05, 4.69) is 24.3 Å².